The first kappa shape index (κ1) is 27.8. The third-order valence-electron chi connectivity index (χ3n) is 6.57. The molecule has 1 aliphatic rings. The minimum absolute atomic E-state index is 0.152. The number of nitrogens with one attached hydrogen (secondary N) is 1. The van der Waals surface area contributed by atoms with Gasteiger partial charge in [0.05, 0.1) is 41.1 Å². The van der Waals surface area contributed by atoms with Crippen molar-refractivity contribution in [1.29, 1.82) is 0 Å². The summed E-state index contributed by atoms with van der Waals surface area (Å²) < 4.78 is 12.5. The summed E-state index contributed by atoms with van der Waals surface area (Å²) in [5.41, 5.74) is 3.88. The average molecular weight is 577 g/mol. The van der Waals surface area contributed by atoms with Crippen molar-refractivity contribution in [2.75, 3.05) is 44.6 Å². The van der Waals surface area contributed by atoms with Crippen LogP contribution in [0.2, 0.25) is 5.02 Å². The van der Waals surface area contributed by atoms with Crippen molar-refractivity contribution >= 4 is 41.0 Å². The van der Waals surface area contributed by atoms with E-state index in [4.69, 9.17) is 26.2 Å². The number of para-hydroxylation sites is 2. The number of methoxy groups -OCH3 is 2. The fraction of sp³-hybridized carbons (Fsp3) is 0.233. The zero-order valence-corrected chi connectivity index (χ0v) is 23.7. The molecule has 1 aliphatic heterocycles. The number of benzene rings is 3. The lowest BCUT2D eigenvalue weighted by molar-refractivity contribution is -0.123. The van der Waals surface area contributed by atoms with Crippen molar-refractivity contribution in [1.82, 2.24) is 15.1 Å². The SMILES string of the molecule is COCCNC(=O)CN1C(=O)CS[C@@H](c2ccccc2OC)c2c(-c3ccccc3)nn(-c3ccccc3Cl)c21. The summed E-state index contributed by atoms with van der Waals surface area (Å²) in [6.45, 7) is 0.521. The Balaban J connectivity index is 1.78. The molecular weight excluding hydrogens is 548 g/mol. The van der Waals surface area contributed by atoms with Crippen LogP contribution in [0.25, 0.3) is 16.9 Å². The lowest BCUT2D eigenvalue weighted by Gasteiger charge is -2.23. The second-order valence-electron chi connectivity index (χ2n) is 9.07. The molecule has 10 heteroatoms. The number of thioether (sulfide) groups is 1. The van der Waals surface area contributed by atoms with E-state index in [0.29, 0.717) is 41.1 Å². The van der Waals surface area contributed by atoms with E-state index in [9.17, 15) is 9.59 Å². The third-order valence-corrected chi connectivity index (χ3v) is 8.12. The Labute approximate surface area is 242 Å². The molecule has 0 unspecified atom stereocenters. The maximum Gasteiger partial charge on any atom is 0.240 e. The summed E-state index contributed by atoms with van der Waals surface area (Å²) in [6.07, 6.45) is 0. The van der Waals surface area contributed by atoms with E-state index in [1.165, 1.54) is 16.7 Å². The molecule has 206 valence electrons. The predicted molar refractivity (Wildman–Crippen MR) is 159 cm³/mol. The monoisotopic (exact) mass is 576 g/mol. The van der Waals surface area contributed by atoms with E-state index in [0.717, 1.165) is 16.7 Å². The Morgan fingerprint density at radius 3 is 2.52 bits per heavy atom. The van der Waals surface area contributed by atoms with Gasteiger partial charge in [-0.2, -0.15) is 5.10 Å². The number of ether oxygens (including phenoxy) is 2. The number of halogens is 1. The van der Waals surface area contributed by atoms with Gasteiger partial charge in [-0.25, -0.2) is 4.68 Å². The maximum absolute atomic E-state index is 13.8. The Morgan fingerprint density at radius 1 is 1.05 bits per heavy atom. The fourth-order valence-electron chi connectivity index (χ4n) is 4.74. The number of hydrogen-bond donors (Lipinski definition) is 1. The molecule has 0 aliphatic carbocycles. The number of nitrogens with zero attached hydrogens (tertiary/aromatic N) is 3. The number of carbonyl (C=O) groups is 2. The van der Waals surface area contributed by atoms with E-state index < -0.39 is 0 Å². The zero-order chi connectivity index (χ0) is 28.1. The topological polar surface area (TPSA) is 85.7 Å². The van der Waals surface area contributed by atoms with E-state index in [1.807, 2.05) is 72.8 Å². The lowest BCUT2D eigenvalue weighted by Crippen LogP contribution is -2.43. The number of aromatic nitrogens is 2. The van der Waals surface area contributed by atoms with Crippen LogP contribution in [0.4, 0.5) is 5.82 Å². The smallest absolute Gasteiger partial charge is 0.240 e. The van der Waals surface area contributed by atoms with Gasteiger partial charge in [-0.05, 0) is 18.2 Å². The number of carbonyl (C=O) groups excluding carboxylic acids is 2. The molecule has 2 amide bonds. The molecule has 0 saturated carbocycles. The lowest BCUT2D eigenvalue weighted by atomic mass is 9.99. The van der Waals surface area contributed by atoms with Crippen LogP contribution < -0.4 is 15.0 Å². The van der Waals surface area contributed by atoms with Crippen molar-refractivity contribution in [3.8, 4) is 22.7 Å². The van der Waals surface area contributed by atoms with Crippen LogP contribution in [0.3, 0.4) is 0 Å². The zero-order valence-electron chi connectivity index (χ0n) is 22.2. The van der Waals surface area contributed by atoms with Crippen LogP contribution in [-0.4, -0.2) is 61.3 Å². The number of anilines is 1. The van der Waals surface area contributed by atoms with Gasteiger partial charge in [0.15, 0.2) is 0 Å². The molecule has 0 fully saturated rings. The van der Waals surface area contributed by atoms with Crippen LogP contribution in [-0.2, 0) is 14.3 Å². The normalized spacial score (nSPS) is 14.9. The summed E-state index contributed by atoms with van der Waals surface area (Å²) in [5, 5.41) is 8.05. The van der Waals surface area contributed by atoms with Gasteiger partial charge in [0.1, 0.15) is 18.1 Å². The Morgan fingerprint density at radius 2 is 1.77 bits per heavy atom. The Kier molecular flexibility index (Phi) is 8.74. The minimum atomic E-state index is -0.317. The van der Waals surface area contributed by atoms with Crippen LogP contribution >= 0.6 is 23.4 Å². The molecule has 3 aromatic carbocycles. The largest absolute Gasteiger partial charge is 0.496 e. The molecule has 0 bridgehead atoms. The highest BCUT2D eigenvalue weighted by Crippen LogP contribution is 2.50. The standard InChI is InChI=1S/C30H29ClN4O4S/c1-38-17-16-32-25(36)18-34-26(37)19-40-29(21-12-6-9-15-24(21)39-2)27-28(20-10-4-3-5-11-20)33-35(30(27)34)23-14-8-7-13-22(23)31/h3-15,29H,16-19H2,1-2H3,(H,32,36)/t29-/m0/s1. The molecule has 1 N–H and O–H groups in total. The number of hydrogen-bond acceptors (Lipinski definition) is 6. The van der Waals surface area contributed by atoms with Crippen molar-refractivity contribution in [2.45, 2.75) is 5.25 Å². The Hall–Kier alpha value is -3.79. The number of fused-ring (bicyclic) bond motifs is 1. The van der Waals surface area contributed by atoms with Crippen LogP contribution in [0.15, 0.2) is 78.9 Å². The van der Waals surface area contributed by atoms with Gasteiger partial charge in [-0.15, -0.1) is 11.8 Å². The quantitative estimate of drug-likeness (QED) is 0.278. The molecule has 4 aromatic rings. The van der Waals surface area contributed by atoms with Gasteiger partial charge in [-0.3, -0.25) is 14.5 Å². The molecule has 8 nitrogen and oxygen atoms in total. The van der Waals surface area contributed by atoms with Crippen molar-refractivity contribution < 1.29 is 19.1 Å². The van der Waals surface area contributed by atoms with Gasteiger partial charge in [0, 0.05) is 30.3 Å². The fourth-order valence-corrected chi connectivity index (χ4v) is 6.18. The first-order valence-corrected chi connectivity index (χ1v) is 14.2. The van der Waals surface area contributed by atoms with Crippen LogP contribution in [0, 0.1) is 0 Å². The van der Waals surface area contributed by atoms with Gasteiger partial charge < -0.3 is 14.8 Å². The number of amides is 2. The second-order valence-corrected chi connectivity index (χ2v) is 10.6. The summed E-state index contributed by atoms with van der Waals surface area (Å²) in [4.78, 5) is 28.4. The van der Waals surface area contributed by atoms with Crippen LogP contribution in [0.5, 0.6) is 5.75 Å². The van der Waals surface area contributed by atoms with Crippen molar-refractivity contribution in [3.63, 3.8) is 0 Å². The molecule has 1 atom stereocenters. The molecule has 2 heterocycles. The van der Waals surface area contributed by atoms with E-state index in [2.05, 4.69) is 5.32 Å². The molecule has 0 saturated heterocycles. The van der Waals surface area contributed by atoms with Crippen molar-refractivity contribution in [2.24, 2.45) is 0 Å². The van der Waals surface area contributed by atoms with E-state index >= 15 is 0 Å². The van der Waals surface area contributed by atoms with Gasteiger partial charge in [0.25, 0.3) is 0 Å². The molecule has 0 radical (unpaired) electrons. The molecule has 40 heavy (non-hydrogen) atoms. The summed E-state index contributed by atoms with van der Waals surface area (Å²) in [6, 6.07) is 24.9. The molecule has 1 aromatic heterocycles. The van der Waals surface area contributed by atoms with Gasteiger partial charge >= 0.3 is 0 Å². The molecule has 0 spiro atoms. The summed E-state index contributed by atoms with van der Waals surface area (Å²) in [7, 11) is 3.20. The minimum Gasteiger partial charge on any atom is -0.496 e. The predicted octanol–water partition coefficient (Wildman–Crippen LogP) is 5.13. The molecule has 5 rings (SSSR count). The van der Waals surface area contributed by atoms with Crippen LogP contribution in [0.1, 0.15) is 16.4 Å². The Bertz CT molecular complexity index is 1510. The average Bonchev–Trinajstić information content (AvgIpc) is 3.30. The number of rotatable bonds is 9. The van der Waals surface area contributed by atoms with Gasteiger partial charge in [0.2, 0.25) is 11.8 Å². The van der Waals surface area contributed by atoms with E-state index in [1.54, 1.807) is 25.0 Å². The summed E-state index contributed by atoms with van der Waals surface area (Å²) >= 11 is 8.17. The summed E-state index contributed by atoms with van der Waals surface area (Å²) in [5.74, 6) is 0.844. The third kappa shape index (κ3) is 5.58. The highest BCUT2D eigenvalue weighted by atomic mass is 35.5. The van der Waals surface area contributed by atoms with E-state index in [-0.39, 0.29) is 29.4 Å². The highest BCUT2D eigenvalue weighted by molar-refractivity contribution is 8.00. The highest BCUT2D eigenvalue weighted by Gasteiger charge is 2.38. The van der Waals surface area contributed by atoms with Gasteiger partial charge in [-0.1, -0.05) is 72.3 Å². The second kappa shape index (κ2) is 12.6. The first-order chi connectivity index (χ1) is 19.5. The molecular formula is C30H29ClN4O4S. The first-order valence-electron chi connectivity index (χ1n) is 12.8. The van der Waals surface area contributed by atoms with Crippen molar-refractivity contribution in [3.05, 3.63) is 95.0 Å². The maximum atomic E-state index is 13.8.